The fraction of sp³-hybridized carbons (Fsp3) is 0.417. The quantitative estimate of drug-likeness (QED) is 0.864. The lowest BCUT2D eigenvalue weighted by Crippen LogP contribution is -2.62. The first-order valence-corrected chi connectivity index (χ1v) is 7.87. The molecule has 1 heterocycles. The number of carboxylic acid groups (broad SMARTS) is 1. The fourth-order valence-corrected chi connectivity index (χ4v) is 3.85. The zero-order valence-corrected chi connectivity index (χ0v) is 12.6. The van der Waals surface area contributed by atoms with E-state index in [1.54, 1.807) is 6.92 Å². The molecule has 1 fully saturated rings. The van der Waals surface area contributed by atoms with E-state index in [-0.39, 0.29) is 13.1 Å². The van der Waals surface area contributed by atoms with Gasteiger partial charge in [-0.05, 0) is 18.6 Å². The number of benzene rings is 1. The largest absolute Gasteiger partial charge is 0.478 e. The topological polar surface area (TPSA) is 94.9 Å². The van der Waals surface area contributed by atoms with Crippen molar-refractivity contribution in [1.82, 2.24) is 4.31 Å². The molecular weight excluding hydrogens is 325 g/mol. The number of halogens is 2. The van der Waals surface area contributed by atoms with Gasteiger partial charge in [-0.25, -0.2) is 17.6 Å². The number of sulfonamides is 1. The van der Waals surface area contributed by atoms with Gasteiger partial charge in [-0.3, -0.25) is 0 Å². The van der Waals surface area contributed by atoms with Crippen LogP contribution in [0.3, 0.4) is 0 Å². The third-order valence-electron chi connectivity index (χ3n) is 3.47. The SMILES string of the molecule is CCC1(O)CN(S(=O)(=O)c2cc(F)c(Cl)c(C(=O)O)c2)C1. The van der Waals surface area contributed by atoms with Crippen LogP contribution in [0.2, 0.25) is 5.02 Å². The highest BCUT2D eigenvalue weighted by Gasteiger charge is 2.46. The Balaban J connectivity index is 2.41. The summed E-state index contributed by atoms with van der Waals surface area (Å²) in [4.78, 5) is 10.5. The Labute approximate surface area is 125 Å². The van der Waals surface area contributed by atoms with Crippen LogP contribution in [0, 0.1) is 5.82 Å². The Morgan fingerprint density at radius 1 is 1.48 bits per heavy atom. The molecule has 2 rings (SSSR count). The average molecular weight is 338 g/mol. The third-order valence-corrected chi connectivity index (χ3v) is 5.62. The molecule has 0 aromatic heterocycles. The summed E-state index contributed by atoms with van der Waals surface area (Å²) in [6.45, 7) is 1.49. The molecule has 0 aliphatic carbocycles. The van der Waals surface area contributed by atoms with Crippen LogP contribution in [-0.2, 0) is 10.0 Å². The van der Waals surface area contributed by atoms with Crippen LogP contribution >= 0.6 is 11.6 Å². The molecule has 116 valence electrons. The first-order valence-electron chi connectivity index (χ1n) is 6.05. The van der Waals surface area contributed by atoms with Gasteiger partial charge >= 0.3 is 5.97 Å². The van der Waals surface area contributed by atoms with Crippen LogP contribution < -0.4 is 0 Å². The molecule has 6 nitrogen and oxygen atoms in total. The Morgan fingerprint density at radius 3 is 2.52 bits per heavy atom. The number of carbonyl (C=O) groups is 1. The van der Waals surface area contributed by atoms with Gasteiger partial charge in [0.1, 0.15) is 5.82 Å². The second kappa shape index (κ2) is 5.20. The van der Waals surface area contributed by atoms with Crippen LogP contribution in [0.15, 0.2) is 17.0 Å². The Kier molecular flexibility index (Phi) is 4.00. The predicted octanol–water partition coefficient (Wildman–Crippen LogP) is 1.32. The summed E-state index contributed by atoms with van der Waals surface area (Å²) in [5, 5.41) is 18.1. The van der Waals surface area contributed by atoms with Crippen molar-refractivity contribution in [3.05, 3.63) is 28.5 Å². The van der Waals surface area contributed by atoms with Crippen LogP contribution in [0.5, 0.6) is 0 Å². The van der Waals surface area contributed by atoms with E-state index < -0.39 is 42.9 Å². The van der Waals surface area contributed by atoms with Crippen molar-refractivity contribution in [2.24, 2.45) is 0 Å². The number of nitrogens with zero attached hydrogens (tertiary/aromatic N) is 1. The monoisotopic (exact) mass is 337 g/mol. The molecule has 0 bridgehead atoms. The molecule has 0 saturated carbocycles. The second-order valence-electron chi connectivity index (χ2n) is 4.92. The molecule has 2 N–H and O–H groups in total. The number of carboxylic acids is 1. The number of hydrogen-bond donors (Lipinski definition) is 2. The Hall–Kier alpha value is -1.22. The second-order valence-corrected chi connectivity index (χ2v) is 7.24. The van der Waals surface area contributed by atoms with Gasteiger partial charge in [-0.2, -0.15) is 4.31 Å². The zero-order valence-electron chi connectivity index (χ0n) is 11.0. The Bertz CT molecular complexity index is 700. The minimum atomic E-state index is -4.07. The van der Waals surface area contributed by atoms with E-state index in [2.05, 4.69) is 0 Å². The predicted molar refractivity (Wildman–Crippen MR) is 72.4 cm³/mol. The van der Waals surface area contributed by atoms with Gasteiger partial charge in [-0.15, -0.1) is 0 Å². The maximum atomic E-state index is 13.6. The zero-order chi connectivity index (χ0) is 16.0. The minimum Gasteiger partial charge on any atom is -0.478 e. The molecule has 1 aliphatic rings. The van der Waals surface area contributed by atoms with E-state index >= 15 is 0 Å². The summed E-state index contributed by atoms with van der Waals surface area (Å²) >= 11 is 5.50. The van der Waals surface area contributed by atoms with Crippen molar-refractivity contribution in [3.8, 4) is 0 Å². The van der Waals surface area contributed by atoms with Crippen molar-refractivity contribution in [2.75, 3.05) is 13.1 Å². The normalized spacial score (nSPS) is 18.3. The van der Waals surface area contributed by atoms with Gasteiger partial charge in [0.15, 0.2) is 0 Å². The highest BCUT2D eigenvalue weighted by molar-refractivity contribution is 7.89. The van der Waals surface area contributed by atoms with E-state index in [1.807, 2.05) is 0 Å². The minimum absolute atomic E-state index is 0.113. The number of aromatic carboxylic acids is 1. The number of β-amino-alcohol motifs (C(OH)–C–C–N with tert-alkyl or cyclic N) is 1. The first-order chi connectivity index (χ1) is 9.60. The van der Waals surface area contributed by atoms with Crippen molar-refractivity contribution < 1.29 is 27.8 Å². The van der Waals surface area contributed by atoms with Crippen LogP contribution in [-0.4, -0.2) is 47.6 Å². The van der Waals surface area contributed by atoms with Crippen molar-refractivity contribution >= 4 is 27.6 Å². The maximum absolute atomic E-state index is 13.6. The van der Waals surface area contributed by atoms with Gasteiger partial charge < -0.3 is 10.2 Å². The summed E-state index contributed by atoms with van der Waals surface area (Å²) in [5.41, 5.74) is -1.71. The van der Waals surface area contributed by atoms with Crippen LogP contribution in [0.1, 0.15) is 23.7 Å². The van der Waals surface area contributed by atoms with E-state index in [9.17, 15) is 22.7 Å². The van der Waals surface area contributed by atoms with Crippen molar-refractivity contribution in [2.45, 2.75) is 23.8 Å². The summed E-state index contributed by atoms with van der Waals surface area (Å²) in [6.07, 6.45) is 0.383. The lowest BCUT2D eigenvalue weighted by Gasteiger charge is -2.44. The van der Waals surface area contributed by atoms with E-state index in [0.29, 0.717) is 12.5 Å². The summed E-state index contributed by atoms with van der Waals surface area (Å²) in [7, 11) is -4.07. The summed E-state index contributed by atoms with van der Waals surface area (Å²) in [6, 6.07) is 1.49. The van der Waals surface area contributed by atoms with Gasteiger partial charge in [0.05, 0.1) is 21.1 Å². The molecular formula is C12H13ClFNO5S. The maximum Gasteiger partial charge on any atom is 0.337 e. The molecule has 1 saturated heterocycles. The van der Waals surface area contributed by atoms with E-state index in [1.165, 1.54) is 0 Å². The molecule has 0 amide bonds. The lowest BCUT2D eigenvalue weighted by molar-refractivity contribution is -0.0613. The standard InChI is InChI=1S/C12H13ClFNO5S/c1-2-12(18)5-15(6-12)21(19,20)7-3-8(11(16)17)10(13)9(14)4-7/h3-4,18H,2,5-6H2,1H3,(H,16,17). The molecule has 0 radical (unpaired) electrons. The Morgan fingerprint density at radius 2 is 2.05 bits per heavy atom. The van der Waals surface area contributed by atoms with Gasteiger partial charge in [0.2, 0.25) is 10.0 Å². The van der Waals surface area contributed by atoms with Gasteiger partial charge in [0.25, 0.3) is 0 Å². The van der Waals surface area contributed by atoms with Gasteiger partial charge in [-0.1, -0.05) is 18.5 Å². The fourth-order valence-electron chi connectivity index (χ4n) is 2.02. The highest BCUT2D eigenvalue weighted by atomic mass is 35.5. The number of rotatable bonds is 4. The molecule has 0 atom stereocenters. The molecule has 9 heteroatoms. The van der Waals surface area contributed by atoms with Gasteiger partial charge in [0, 0.05) is 13.1 Å². The van der Waals surface area contributed by atoms with Crippen molar-refractivity contribution in [3.63, 3.8) is 0 Å². The summed E-state index contributed by atoms with van der Waals surface area (Å²) < 4.78 is 39.1. The lowest BCUT2D eigenvalue weighted by atomic mass is 9.94. The van der Waals surface area contributed by atoms with Crippen LogP contribution in [0.4, 0.5) is 4.39 Å². The molecule has 21 heavy (non-hydrogen) atoms. The summed E-state index contributed by atoms with van der Waals surface area (Å²) in [5.74, 6) is -2.65. The van der Waals surface area contributed by atoms with Crippen molar-refractivity contribution in [1.29, 1.82) is 0 Å². The molecule has 0 spiro atoms. The number of aliphatic hydroxyl groups is 1. The molecule has 0 unspecified atom stereocenters. The average Bonchev–Trinajstić information content (AvgIpc) is 2.37. The molecule has 1 aromatic rings. The third kappa shape index (κ3) is 2.76. The van der Waals surface area contributed by atoms with E-state index in [4.69, 9.17) is 16.7 Å². The van der Waals surface area contributed by atoms with E-state index in [0.717, 1.165) is 10.4 Å². The smallest absolute Gasteiger partial charge is 0.337 e. The molecule has 1 aliphatic heterocycles. The highest BCUT2D eigenvalue weighted by Crippen LogP contribution is 2.32. The number of hydrogen-bond acceptors (Lipinski definition) is 4. The van der Waals surface area contributed by atoms with Crippen LogP contribution in [0.25, 0.3) is 0 Å². The molecule has 1 aromatic carbocycles. The first kappa shape index (κ1) is 16.2.